The standard InChI is InChI=1S/C23H28N10O11P2S/c1-8-28-20-13(21(36)29-8)30-31-33(20)22-16-9(3-34)11(42-22)4-40-46(39,47)44-17-15(35)14(10-2-23(10,17)5-41-45(37,38)43-16)32-7-27-12-18(24)25-6-26-19(12)32/h6-7,9-11,14-17,22,34-35H,2-5H2,1H3,(H,37,38)(H,39,47)(H2,24,25,26)(H,28,29,36)/t9-,10-,11-,14-,15+,16-,17+,22-,23?,46+/m1/s1. The van der Waals surface area contributed by atoms with Crippen molar-refractivity contribution in [1.29, 1.82) is 0 Å². The fraction of sp³-hybridized carbons (Fsp3) is 0.609. The lowest BCUT2D eigenvalue weighted by molar-refractivity contribution is -0.0637. The summed E-state index contributed by atoms with van der Waals surface area (Å²) < 4.78 is 58.8. The molecule has 4 fully saturated rings. The summed E-state index contributed by atoms with van der Waals surface area (Å²) in [6, 6.07) is -0.745. The van der Waals surface area contributed by atoms with Gasteiger partial charge in [-0.2, -0.15) is 4.68 Å². The van der Waals surface area contributed by atoms with Crippen LogP contribution in [0.4, 0.5) is 5.82 Å². The summed E-state index contributed by atoms with van der Waals surface area (Å²) in [6.07, 6.45) is -3.51. The van der Waals surface area contributed by atoms with Crippen LogP contribution in [0.1, 0.15) is 24.5 Å². The Hall–Kier alpha value is -2.88. The lowest BCUT2D eigenvalue weighted by atomic mass is 9.99. The van der Waals surface area contributed by atoms with Gasteiger partial charge in [-0.05, 0) is 19.3 Å². The number of phosphoric acid groups is 1. The smallest absolute Gasteiger partial charge is 0.396 e. The number of anilines is 1. The first-order valence-corrected chi connectivity index (χ1v) is 18.5. The lowest BCUT2D eigenvalue weighted by Gasteiger charge is -2.30. The molecule has 2 unspecified atom stereocenters. The van der Waals surface area contributed by atoms with Crippen molar-refractivity contribution in [3.05, 3.63) is 28.8 Å². The van der Waals surface area contributed by atoms with E-state index in [1.54, 1.807) is 4.57 Å². The Morgan fingerprint density at radius 3 is 2.79 bits per heavy atom. The molecule has 11 atom stereocenters. The Morgan fingerprint density at radius 1 is 1.19 bits per heavy atom. The molecule has 24 heteroatoms. The number of aromatic amines is 1. The van der Waals surface area contributed by atoms with Crippen molar-refractivity contribution in [2.45, 2.75) is 50.0 Å². The van der Waals surface area contributed by atoms with Gasteiger partial charge in [0.2, 0.25) is 0 Å². The van der Waals surface area contributed by atoms with E-state index in [0.717, 1.165) is 4.68 Å². The molecule has 0 amide bonds. The van der Waals surface area contributed by atoms with Crippen LogP contribution >= 0.6 is 26.9 Å². The number of ether oxygens (including phenoxy) is 1. The third-order valence-electron chi connectivity index (χ3n) is 9.33. The highest BCUT2D eigenvalue weighted by Crippen LogP contribution is 2.73. The molecule has 2 aliphatic heterocycles. The average Bonchev–Trinajstić information content (AvgIpc) is 3.30. The van der Waals surface area contributed by atoms with E-state index < -0.39 is 93.9 Å². The monoisotopic (exact) mass is 714 g/mol. The van der Waals surface area contributed by atoms with Gasteiger partial charge in [0, 0.05) is 11.3 Å². The predicted molar refractivity (Wildman–Crippen MR) is 159 cm³/mol. The molecular formula is C23H28N10O11P2S. The van der Waals surface area contributed by atoms with Gasteiger partial charge in [0.25, 0.3) is 5.56 Å². The van der Waals surface area contributed by atoms with E-state index >= 15 is 0 Å². The quantitative estimate of drug-likeness (QED) is 0.117. The van der Waals surface area contributed by atoms with Crippen LogP contribution in [0.2, 0.25) is 0 Å². The van der Waals surface area contributed by atoms with Gasteiger partial charge in [-0.1, -0.05) is 17.5 Å². The van der Waals surface area contributed by atoms with E-state index in [2.05, 4.69) is 47.5 Å². The van der Waals surface area contributed by atoms with E-state index in [4.69, 9.17) is 28.6 Å². The Bertz CT molecular complexity index is 2060. The summed E-state index contributed by atoms with van der Waals surface area (Å²) in [6.45, 7) is -4.37. The number of thiol groups is 1. The molecule has 4 aromatic heterocycles. The number of H-pyrrole nitrogens is 1. The molecule has 4 aliphatic rings. The maximum absolute atomic E-state index is 13.7. The number of rotatable bonds is 3. The van der Waals surface area contributed by atoms with Gasteiger partial charge in [0.05, 0.1) is 38.3 Å². The summed E-state index contributed by atoms with van der Waals surface area (Å²) in [7, 11) is -4.97. The molecule has 2 saturated heterocycles. The van der Waals surface area contributed by atoms with Gasteiger partial charge in [-0.15, -0.1) is 5.10 Å². The molecule has 1 spiro atoms. The first-order chi connectivity index (χ1) is 22.3. The number of nitrogens with two attached hydrogens (primary N) is 1. The van der Waals surface area contributed by atoms with Crippen LogP contribution in [-0.4, -0.2) is 104 Å². The van der Waals surface area contributed by atoms with Crippen LogP contribution < -0.4 is 11.3 Å². The summed E-state index contributed by atoms with van der Waals surface area (Å²) >= 11 is 4.17. The van der Waals surface area contributed by atoms with Crippen molar-refractivity contribution < 1.29 is 47.1 Å². The maximum Gasteiger partial charge on any atom is 0.472 e. The zero-order valence-corrected chi connectivity index (χ0v) is 26.9. The van der Waals surface area contributed by atoms with Crippen LogP contribution in [-0.2, 0) is 32.0 Å². The number of aliphatic hydroxyl groups excluding tert-OH is 2. The zero-order chi connectivity index (χ0) is 33.0. The molecule has 252 valence electrons. The van der Waals surface area contributed by atoms with Gasteiger partial charge in [-0.3, -0.25) is 22.9 Å². The highest BCUT2D eigenvalue weighted by atomic mass is 32.7. The lowest BCUT2D eigenvalue weighted by Crippen LogP contribution is -2.37. The summed E-state index contributed by atoms with van der Waals surface area (Å²) in [5.41, 5.74) is 4.73. The van der Waals surface area contributed by atoms with Gasteiger partial charge >= 0.3 is 14.6 Å². The molecule has 6 N–H and O–H groups in total. The first kappa shape index (κ1) is 31.4. The molecule has 21 nitrogen and oxygen atoms in total. The zero-order valence-electron chi connectivity index (χ0n) is 24.2. The van der Waals surface area contributed by atoms with Crippen LogP contribution in [0, 0.1) is 24.2 Å². The van der Waals surface area contributed by atoms with E-state index in [0.29, 0.717) is 17.6 Å². The SMILES string of the molecule is Cc1nc2c(nnn2[C@@H]2O[C@@H]3CO[P@](=O)(S)O[C@H]4[C@@H](O)[C@H](n5cnc6c(N)ncnc65)[C@H]5CC54COP(=O)(O)O[C@@H]2[C@@H]3CO)c(=O)[nH]1. The number of fused-ring (bicyclic) bond motifs is 4. The van der Waals surface area contributed by atoms with Crippen LogP contribution in [0.25, 0.3) is 22.3 Å². The van der Waals surface area contributed by atoms with E-state index in [1.807, 2.05) is 0 Å². The molecule has 47 heavy (non-hydrogen) atoms. The minimum absolute atomic E-state index is 0.0197. The van der Waals surface area contributed by atoms with Crippen molar-refractivity contribution in [2.75, 3.05) is 25.6 Å². The maximum atomic E-state index is 13.7. The normalized spacial score (nSPS) is 40.4. The van der Waals surface area contributed by atoms with E-state index in [1.165, 1.54) is 19.6 Å². The number of hydrogen-bond donors (Lipinski definition) is 6. The number of aryl methyl sites for hydroxylation is 1. The molecule has 0 aromatic carbocycles. The molecule has 8 rings (SSSR count). The molecule has 2 bridgehead atoms. The van der Waals surface area contributed by atoms with Crippen molar-refractivity contribution in [1.82, 2.24) is 44.5 Å². The molecule has 2 saturated carbocycles. The molecular weight excluding hydrogens is 686 g/mol. The fourth-order valence-corrected chi connectivity index (χ4v) is 9.65. The number of phosphoric ester groups is 1. The molecule has 4 aromatic rings. The van der Waals surface area contributed by atoms with Crippen molar-refractivity contribution in [3.8, 4) is 0 Å². The van der Waals surface area contributed by atoms with Crippen LogP contribution in [0.5, 0.6) is 0 Å². The second-order valence-corrected chi connectivity index (χ2v) is 16.3. The third kappa shape index (κ3) is 4.97. The number of hydrogen-bond acceptors (Lipinski definition) is 17. The third-order valence-corrected chi connectivity index (χ3v) is 11.9. The van der Waals surface area contributed by atoms with Gasteiger partial charge in [0.1, 0.15) is 36.0 Å². The number of imidazole rings is 1. The second-order valence-electron chi connectivity index (χ2n) is 12.0. The van der Waals surface area contributed by atoms with Crippen LogP contribution in [0.15, 0.2) is 17.4 Å². The Balaban J connectivity index is 1.15. The Morgan fingerprint density at radius 2 is 2.00 bits per heavy atom. The van der Waals surface area contributed by atoms with Crippen LogP contribution in [0.3, 0.4) is 0 Å². The second kappa shape index (κ2) is 10.8. The van der Waals surface area contributed by atoms with Crippen molar-refractivity contribution in [3.63, 3.8) is 0 Å². The predicted octanol–water partition coefficient (Wildman–Crippen LogP) is -0.372. The fourth-order valence-electron chi connectivity index (χ4n) is 7.10. The van der Waals surface area contributed by atoms with Gasteiger partial charge < -0.3 is 35.1 Å². The number of nitrogen functional groups attached to an aromatic ring is 1. The first-order valence-electron chi connectivity index (χ1n) is 14.3. The Kier molecular flexibility index (Phi) is 7.22. The van der Waals surface area contributed by atoms with Gasteiger partial charge in [0.15, 0.2) is 28.9 Å². The minimum Gasteiger partial charge on any atom is -0.396 e. The number of nitrogens with zero attached hydrogens (tertiary/aromatic N) is 8. The van der Waals surface area contributed by atoms with Gasteiger partial charge in [-0.25, -0.2) is 29.1 Å². The highest BCUT2D eigenvalue weighted by molar-refractivity contribution is 8.44. The minimum atomic E-state index is -4.97. The Labute approximate surface area is 268 Å². The van der Waals surface area contributed by atoms with E-state index in [9.17, 15) is 29.0 Å². The number of nitrogens with one attached hydrogen (secondary N) is 1. The topological polar surface area (TPSA) is 287 Å². The van der Waals surface area contributed by atoms with Crippen molar-refractivity contribution >= 4 is 55.0 Å². The summed E-state index contributed by atoms with van der Waals surface area (Å²) in [4.78, 5) is 42.7. The molecule has 2 aliphatic carbocycles. The number of aliphatic hydroxyl groups is 2. The summed E-state index contributed by atoms with van der Waals surface area (Å²) in [5.74, 6) is -1.13. The highest BCUT2D eigenvalue weighted by Gasteiger charge is 2.74. The summed E-state index contributed by atoms with van der Waals surface area (Å²) in [5, 5.41) is 29.8. The molecule has 0 radical (unpaired) electrons. The van der Waals surface area contributed by atoms with Crippen molar-refractivity contribution in [2.24, 2.45) is 17.3 Å². The largest absolute Gasteiger partial charge is 0.472 e. The average molecular weight is 715 g/mol. The number of aromatic nitrogens is 9. The molecule has 6 heterocycles. The van der Waals surface area contributed by atoms with E-state index in [-0.39, 0.29) is 22.8 Å².